The van der Waals surface area contributed by atoms with Crippen LogP contribution in [0.3, 0.4) is 0 Å². The van der Waals surface area contributed by atoms with E-state index in [1.54, 1.807) is 17.9 Å². The molecule has 4 nitrogen and oxygen atoms in total. The molecule has 1 aromatic heterocycles. The van der Waals surface area contributed by atoms with Gasteiger partial charge in [0.1, 0.15) is 5.69 Å². The Morgan fingerprint density at radius 3 is 2.67 bits per heavy atom. The Balaban J connectivity index is 2.13. The Morgan fingerprint density at radius 1 is 1.44 bits per heavy atom. The number of halogens is 1. The van der Waals surface area contributed by atoms with Gasteiger partial charge in [0.25, 0.3) is 0 Å². The quantitative estimate of drug-likeness (QED) is 0.883. The summed E-state index contributed by atoms with van der Waals surface area (Å²) in [5.74, 6) is -0.0155. The average Bonchev–Trinajstić information content (AvgIpc) is 2.70. The third-order valence-corrected chi connectivity index (χ3v) is 3.37. The van der Waals surface area contributed by atoms with E-state index in [4.69, 9.17) is 5.73 Å². The Kier molecular flexibility index (Phi) is 3.93. The molecule has 0 aliphatic carbocycles. The van der Waals surface area contributed by atoms with Gasteiger partial charge < -0.3 is 5.73 Å². The molecule has 0 saturated carbocycles. The molecule has 2 aromatic rings. The third-order valence-electron chi connectivity index (χ3n) is 2.79. The zero-order chi connectivity index (χ0) is 13.1. The lowest BCUT2D eigenvalue weighted by Gasteiger charge is -2.11. The van der Waals surface area contributed by atoms with Crippen LogP contribution in [0, 0.1) is 0 Å². The number of hydrogen-bond acceptors (Lipinski definition) is 3. The maximum absolute atomic E-state index is 12.2. The lowest BCUT2D eigenvalue weighted by Crippen LogP contribution is -2.17. The first-order valence-electron chi connectivity index (χ1n) is 5.61. The number of nitrogens with zero attached hydrogens (tertiary/aromatic N) is 2. The van der Waals surface area contributed by atoms with Crippen molar-refractivity contribution in [3.63, 3.8) is 0 Å². The van der Waals surface area contributed by atoms with Gasteiger partial charge in [-0.2, -0.15) is 5.10 Å². The van der Waals surface area contributed by atoms with E-state index in [-0.39, 0.29) is 18.2 Å². The minimum Gasteiger partial charge on any atom is -0.324 e. The van der Waals surface area contributed by atoms with Crippen LogP contribution >= 0.6 is 15.9 Å². The fourth-order valence-corrected chi connectivity index (χ4v) is 2.41. The van der Waals surface area contributed by atoms with Gasteiger partial charge in [0.2, 0.25) is 0 Å². The zero-order valence-corrected chi connectivity index (χ0v) is 11.6. The summed E-state index contributed by atoms with van der Waals surface area (Å²) in [6, 6.07) is 9.32. The van der Waals surface area contributed by atoms with Crippen molar-refractivity contribution in [1.82, 2.24) is 9.78 Å². The van der Waals surface area contributed by atoms with E-state index in [0.717, 1.165) is 5.56 Å². The molecule has 0 fully saturated rings. The normalized spacial score (nSPS) is 12.4. The first kappa shape index (κ1) is 13.0. The van der Waals surface area contributed by atoms with Gasteiger partial charge in [-0.3, -0.25) is 9.48 Å². The van der Waals surface area contributed by atoms with Crippen molar-refractivity contribution in [2.24, 2.45) is 12.8 Å². The van der Waals surface area contributed by atoms with E-state index in [9.17, 15) is 4.79 Å². The van der Waals surface area contributed by atoms with Gasteiger partial charge in [0, 0.05) is 19.5 Å². The molecule has 0 bridgehead atoms. The fourth-order valence-electron chi connectivity index (χ4n) is 1.84. The predicted molar refractivity (Wildman–Crippen MR) is 73.2 cm³/mol. The van der Waals surface area contributed by atoms with Crippen LogP contribution in [0.15, 0.2) is 41.0 Å². The summed E-state index contributed by atoms with van der Waals surface area (Å²) in [5, 5.41) is 4.03. The fraction of sp³-hybridized carbons (Fsp3) is 0.231. The third kappa shape index (κ3) is 2.68. The van der Waals surface area contributed by atoms with Crippen LogP contribution in [0.4, 0.5) is 0 Å². The summed E-state index contributed by atoms with van der Waals surface area (Å²) < 4.78 is 2.26. The van der Waals surface area contributed by atoms with E-state index in [1.165, 1.54) is 0 Å². The summed E-state index contributed by atoms with van der Waals surface area (Å²) in [6.45, 7) is 0. The molecule has 94 valence electrons. The van der Waals surface area contributed by atoms with Crippen LogP contribution < -0.4 is 5.73 Å². The number of aromatic nitrogens is 2. The van der Waals surface area contributed by atoms with Crippen molar-refractivity contribution in [1.29, 1.82) is 0 Å². The Hall–Kier alpha value is -1.46. The molecule has 0 radical (unpaired) electrons. The van der Waals surface area contributed by atoms with Crippen molar-refractivity contribution < 1.29 is 4.79 Å². The molecule has 5 heteroatoms. The zero-order valence-electron chi connectivity index (χ0n) is 10.0. The van der Waals surface area contributed by atoms with Crippen LogP contribution in [0.1, 0.15) is 28.5 Å². The van der Waals surface area contributed by atoms with Gasteiger partial charge in [-0.15, -0.1) is 0 Å². The van der Waals surface area contributed by atoms with E-state index in [2.05, 4.69) is 21.0 Å². The van der Waals surface area contributed by atoms with Crippen LogP contribution in [-0.2, 0) is 7.05 Å². The Bertz CT molecular complexity index is 531. The van der Waals surface area contributed by atoms with Gasteiger partial charge in [0.15, 0.2) is 5.78 Å². The molecule has 0 aliphatic rings. The van der Waals surface area contributed by atoms with Gasteiger partial charge in [-0.25, -0.2) is 0 Å². The molecule has 2 N–H and O–H groups in total. The molecule has 0 aliphatic heterocycles. The Labute approximate surface area is 114 Å². The summed E-state index contributed by atoms with van der Waals surface area (Å²) in [4.78, 5) is 12.2. The number of hydrogen-bond donors (Lipinski definition) is 1. The van der Waals surface area contributed by atoms with Gasteiger partial charge >= 0.3 is 0 Å². The molecular formula is C13H14BrN3O. The number of nitrogens with two attached hydrogens (primary N) is 1. The highest BCUT2D eigenvalue weighted by Gasteiger charge is 2.18. The Morgan fingerprint density at radius 2 is 2.11 bits per heavy atom. The molecule has 0 amide bonds. The molecule has 0 spiro atoms. The molecule has 0 saturated heterocycles. The van der Waals surface area contributed by atoms with Crippen LogP contribution in [0.2, 0.25) is 0 Å². The van der Waals surface area contributed by atoms with Gasteiger partial charge in [-0.05, 0) is 21.5 Å². The minimum absolute atomic E-state index is 0.0155. The maximum atomic E-state index is 12.2. The second-order valence-electron chi connectivity index (χ2n) is 4.11. The summed E-state index contributed by atoms with van der Waals surface area (Å²) in [7, 11) is 1.74. The second-order valence-corrected chi connectivity index (χ2v) is 4.96. The van der Waals surface area contributed by atoms with Crippen molar-refractivity contribution >= 4 is 21.7 Å². The number of ketones is 1. The van der Waals surface area contributed by atoms with Crippen LogP contribution in [0.25, 0.3) is 0 Å². The summed E-state index contributed by atoms with van der Waals surface area (Å²) >= 11 is 3.32. The highest BCUT2D eigenvalue weighted by atomic mass is 79.9. The van der Waals surface area contributed by atoms with E-state index < -0.39 is 0 Å². The first-order valence-corrected chi connectivity index (χ1v) is 6.40. The second kappa shape index (κ2) is 5.46. The standard InChI is InChI=1S/C13H14BrN3O/c1-17-13(10(14)8-16-17)12(18)7-11(15)9-5-3-2-4-6-9/h2-6,8,11H,7,15H2,1H3. The topological polar surface area (TPSA) is 60.9 Å². The predicted octanol–water partition coefficient (Wildman–Crippen LogP) is 2.46. The van der Waals surface area contributed by atoms with Crippen molar-refractivity contribution in [3.8, 4) is 0 Å². The number of benzene rings is 1. The maximum Gasteiger partial charge on any atom is 0.183 e. The average molecular weight is 308 g/mol. The summed E-state index contributed by atoms with van der Waals surface area (Å²) in [6.07, 6.45) is 1.88. The highest BCUT2D eigenvalue weighted by molar-refractivity contribution is 9.10. The van der Waals surface area contributed by atoms with Crippen molar-refractivity contribution in [2.75, 3.05) is 0 Å². The molecular weight excluding hydrogens is 294 g/mol. The van der Waals surface area contributed by atoms with Crippen LogP contribution in [0.5, 0.6) is 0 Å². The van der Waals surface area contributed by atoms with E-state index in [1.807, 2.05) is 30.3 Å². The highest BCUT2D eigenvalue weighted by Crippen LogP contribution is 2.21. The molecule has 1 atom stereocenters. The summed E-state index contributed by atoms with van der Waals surface area (Å²) in [5.41, 5.74) is 7.56. The number of carbonyl (C=O) groups is 1. The molecule has 18 heavy (non-hydrogen) atoms. The SMILES string of the molecule is Cn1ncc(Br)c1C(=O)CC(N)c1ccccc1. The number of aryl methyl sites for hydroxylation is 1. The molecule has 1 unspecified atom stereocenters. The van der Waals surface area contributed by atoms with E-state index in [0.29, 0.717) is 10.2 Å². The first-order chi connectivity index (χ1) is 8.59. The van der Waals surface area contributed by atoms with Crippen molar-refractivity contribution in [3.05, 3.63) is 52.3 Å². The van der Waals surface area contributed by atoms with E-state index >= 15 is 0 Å². The molecule has 1 heterocycles. The van der Waals surface area contributed by atoms with Crippen LogP contribution in [-0.4, -0.2) is 15.6 Å². The van der Waals surface area contributed by atoms with Gasteiger partial charge in [0.05, 0.1) is 10.7 Å². The minimum atomic E-state index is -0.291. The lowest BCUT2D eigenvalue weighted by molar-refractivity contribution is 0.0964. The number of carbonyl (C=O) groups excluding carboxylic acids is 1. The largest absolute Gasteiger partial charge is 0.324 e. The van der Waals surface area contributed by atoms with Gasteiger partial charge in [-0.1, -0.05) is 30.3 Å². The number of rotatable bonds is 4. The molecule has 1 aromatic carbocycles. The lowest BCUT2D eigenvalue weighted by atomic mass is 10.0. The molecule has 2 rings (SSSR count). The smallest absolute Gasteiger partial charge is 0.183 e. The monoisotopic (exact) mass is 307 g/mol. The van der Waals surface area contributed by atoms with Crippen molar-refractivity contribution in [2.45, 2.75) is 12.5 Å². The number of Topliss-reactive ketones (excluding diaryl/α,β-unsaturated/α-hetero) is 1.